The summed E-state index contributed by atoms with van der Waals surface area (Å²) >= 11 is 0. The van der Waals surface area contributed by atoms with Crippen LogP contribution in [0.1, 0.15) is 52.4 Å². The van der Waals surface area contributed by atoms with Crippen LogP contribution in [-0.2, 0) is 33.8 Å². The number of carbonyl (C=O) groups excluding carboxylic acids is 5. The normalized spacial score (nSPS) is 28.0. The Morgan fingerprint density at radius 2 is 1.64 bits per heavy atom. The molecule has 3 N–H and O–H groups in total. The van der Waals surface area contributed by atoms with E-state index in [9.17, 15) is 32.4 Å². The zero-order chi connectivity index (χ0) is 26.6. The first-order valence-electron chi connectivity index (χ1n) is 12.5. The maximum Gasteiger partial charge on any atom is 0.246 e. The van der Waals surface area contributed by atoms with Gasteiger partial charge in [-0.15, -0.1) is 0 Å². The fourth-order valence-electron chi connectivity index (χ4n) is 5.03. The summed E-state index contributed by atoms with van der Waals surface area (Å²) in [5.41, 5.74) is 0. The van der Waals surface area contributed by atoms with Gasteiger partial charge in [0.05, 0.1) is 12.2 Å². The van der Waals surface area contributed by atoms with Gasteiger partial charge in [-0.2, -0.15) is 0 Å². The van der Waals surface area contributed by atoms with E-state index in [4.69, 9.17) is 0 Å². The maximum absolute atomic E-state index is 13.4. The van der Waals surface area contributed by atoms with Crippen molar-refractivity contribution < 1.29 is 32.4 Å². The molecule has 3 aliphatic rings. The van der Waals surface area contributed by atoms with Gasteiger partial charge in [0.15, 0.2) is 0 Å². The third-order valence-electron chi connectivity index (χ3n) is 6.95. The number of hydrogen-bond acceptors (Lipinski definition) is 7. The third kappa shape index (κ3) is 6.74. The lowest BCUT2D eigenvalue weighted by atomic mass is 10.0. The predicted molar refractivity (Wildman–Crippen MR) is 130 cm³/mol. The second kappa shape index (κ2) is 11.6. The SMILES string of the molecule is CC(C)[C@@H]1NC(=O)[C@@H]2CCCN2C(=O)[C@H]2CCCN2C(=O)C[C@H](C(=O)NCCCS(C)(=O)=O)NC1=O. The number of nitrogens with one attached hydrogen (secondary N) is 3. The van der Waals surface area contributed by atoms with Crippen LogP contribution in [0.4, 0.5) is 0 Å². The van der Waals surface area contributed by atoms with Gasteiger partial charge < -0.3 is 25.8 Å². The van der Waals surface area contributed by atoms with Crippen molar-refractivity contribution >= 4 is 39.4 Å². The van der Waals surface area contributed by atoms with Crippen LogP contribution in [0.5, 0.6) is 0 Å². The highest BCUT2D eigenvalue weighted by Gasteiger charge is 2.44. The smallest absolute Gasteiger partial charge is 0.246 e. The lowest BCUT2D eigenvalue weighted by molar-refractivity contribution is -0.147. The van der Waals surface area contributed by atoms with Gasteiger partial charge in [-0.25, -0.2) is 8.42 Å². The summed E-state index contributed by atoms with van der Waals surface area (Å²) < 4.78 is 22.7. The summed E-state index contributed by atoms with van der Waals surface area (Å²) in [6.07, 6.45) is 3.16. The monoisotopic (exact) mass is 527 g/mol. The van der Waals surface area contributed by atoms with E-state index in [-0.39, 0.29) is 37.0 Å². The molecule has 0 aliphatic carbocycles. The molecule has 3 saturated heterocycles. The topological polar surface area (TPSA) is 162 Å². The minimum absolute atomic E-state index is 0.0538. The second-order valence-electron chi connectivity index (χ2n) is 10.2. The van der Waals surface area contributed by atoms with Crippen LogP contribution >= 0.6 is 0 Å². The van der Waals surface area contributed by atoms with Crippen molar-refractivity contribution in [1.29, 1.82) is 0 Å². The molecule has 0 bridgehead atoms. The van der Waals surface area contributed by atoms with E-state index in [2.05, 4.69) is 16.0 Å². The Hall–Kier alpha value is -2.70. The Morgan fingerprint density at radius 1 is 1.00 bits per heavy atom. The van der Waals surface area contributed by atoms with Crippen LogP contribution in [0.2, 0.25) is 0 Å². The van der Waals surface area contributed by atoms with E-state index in [1.807, 2.05) is 0 Å². The van der Waals surface area contributed by atoms with E-state index in [1.54, 1.807) is 13.8 Å². The molecule has 0 aromatic heterocycles. The number of amides is 5. The first-order chi connectivity index (χ1) is 16.9. The van der Waals surface area contributed by atoms with Crippen LogP contribution in [0.25, 0.3) is 0 Å². The lowest BCUT2D eigenvalue weighted by Gasteiger charge is -2.31. The molecule has 13 heteroatoms. The molecule has 3 heterocycles. The van der Waals surface area contributed by atoms with Gasteiger partial charge in [0.1, 0.15) is 34.0 Å². The average Bonchev–Trinajstić information content (AvgIpc) is 3.47. The van der Waals surface area contributed by atoms with Crippen molar-refractivity contribution in [2.75, 3.05) is 31.6 Å². The molecule has 0 radical (unpaired) electrons. The zero-order valence-electron chi connectivity index (χ0n) is 21.1. The first kappa shape index (κ1) is 27.9. The highest BCUT2D eigenvalue weighted by atomic mass is 32.2. The van der Waals surface area contributed by atoms with E-state index in [1.165, 1.54) is 9.80 Å². The molecule has 3 rings (SSSR count). The summed E-state index contributed by atoms with van der Waals surface area (Å²) in [4.78, 5) is 68.9. The third-order valence-corrected chi connectivity index (χ3v) is 7.98. The molecule has 202 valence electrons. The first-order valence-corrected chi connectivity index (χ1v) is 14.6. The largest absolute Gasteiger partial charge is 0.354 e. The van der Waals surface area contributed by atoms with Gasteiger partial charge in [0.2, 0.25) is 29.5 Å². The Morgan fingerprint density at radius 3 is 2.28 bits per heavy atom. The Bertz CT molecular complexity index is 989. The van der Waals surface area contributed by atoms with Gasteiger partial charge in [-0.1, -0.05) is 13.8 Å². The fourth-order valence-corrected chi connectivity index (χ4v) is 5.70. The lowest BCUT2D eigenvalue weighted by Crippen LogP contribution is -2.58. The van der Waals surface area contributed by atoms with Crippen LogP contribution in [-0.4, -0.2) is 104 Å². The minimum atomic E-state index is -3.20. The quantitative estimate of drug-likeness (QED) is 0.356. The van der Waals surface area contributed by atoms with Crippen molar-refractivity contribution in [1.82, 2.24) is 25.8 Å². The Balaban J connectivity index is 1.86. The van der Waals surface area contributed by atoms with E-state index < -0.39 is 57.6 Å². The van der Waals surface area contributed by atoms with Crippen LogP contribution in [0, 0.1) is 5.92 Å². The number of rotatable bonds is 6. The number of carbonyl (C=O) groups is 5. The second-order valence-corrected chi connectivity index (χ2v) is 12.5. The highest BCUT2D eigenvalue weighted by Crippen LogP contribution is 2.26. The number of nitrogens with zero attached hydrogens (tertiary/aromatic N) is 2. The van der Waals surface area contributed by atoms with Crippen molar-refractivity contribution in [3.05, 3.63) is 0 Å². The van der Waals surface area contributed by atoms with E-state index in [0.29, 0.717) is 38.8 Å². The Labute approximate surface area is 211 Å². The predicted octanol–water partition coefficient (Wildman–Crippen LogP) is -1.45. The molecule has 0 aromatic rings. The summed E-state index contributed by atoms with van der Waals surface area (Å²) in [5, 5.41) is 7.96. The van der Waals surface area contributed by atoms with Crippen molar-refractivity contribution in [3.63, 3.8) is 0 Å². The molecule has 12 nitrogen and oxygen atoms in total. The van der Waals surface area contributed by atoms with Crippen LogP contribution in [0.3, 0.4) is 0 Å². The number of fused-ring (bicyclic) bond motifs is 2. The molecule has 36 heavy (non-hydrogen) atoms. The van der Waals surface area contributed by atoms with Crippen molar-refractivity contribution in [2.45, 2.75) is 76.5 Å². The standard InChI is InChI=1S/C23H37N5O7S/c1-14(2)19-22(32)25-15(20(30)24-9-6-12-36(3,34)35)13-18(29)27-10-5-8-17(27)23(33)28-11-4-7-16(28)21(31)26-19/h14-17,19H,4-13H2,1-3H3,(H,24,30)(H,25,32)(H,26,31)/t15-,16+,17-,19+/m1/s1. The summed E-state index contributed by atoms with van der Waals surface area (Å²) in [7, 11) is -3.20. The maximum atomic E-state index is 13.4. The van der Waals surface area contributed by atoms with Gasteiger partial charge >= 0.3 is 0 Å². The molecule has 4 atom stereocenters. The van der Waals surface area contributed by atoms with E-state index in [0.717, 1.165) is 6.26 Å². The molecule has 0 saturated carbocycles. The highest BCUT2D eigenvalue weighted by molar-refractivity contribution is 7.90. The molecular formula is C23H37N5O7S. The summed E-state index contributed by atoms with van der Waals surface area (Å²) in [6, 6.07) is -3.62. The van der Waals surface area contributed by atoms with E-state index >= 15 is 0 Å². The minimum Gasteiger partial charge on any atom is -0.354 e. The number of sulfone groups is 1. The molecule has 0 unspecified atom stereocenters. The summed E-state index contributed by atoms with van der Waals surface area (Å²) in [5.74, 6) is -2.79. The van der Waals surface area contributed by atoms with Crippen molar-refractivity contribution in [2.24, 2.45) is 5.92 Å². The van der Waals surface area contributed by atoms with Crippen LogP contribution < -0.4 is 16.0 Å². The molecule has 3 aliphatic heterocycles. The number of hydrogen-bond donors (Lipinski definition) is 3. The fraction of sp³-hybridized carbons (Fsp3) is 0.783. The molecule has 5 amide bonds. The van der Waals surface area contributed by atoms with Crippen LogP contribution in [0.15, 0.2) is 0 Å². The zero-order valence-corrected chi connectivity index (χ0v) is 21.9. The van der Waals surface area contributed by atoms with Gasteiger partial charge in [-0.3, -0.25) is 24.0 Å². The summed E-state index contributed by atoms with van der Waals surface area (Å²) in [6.45, 7) is 4.32. The van der Waals surface area contributed by atoms with Gasteiger partial charge in [-0.05, 0) is 38.0 Å². The molecular weight excluding hydrogens is 490 g/mol. The van der Waals surface area contributed by atoms with Gasteiger partial charge in [0.25, 0.3) is 0 Å². The average molecular weight is 528 g/mol. The van der Waals surface area contributed by atoms with Crippen molar-refractivity contribution in [3.8, 4) is 0 Å². The molecule has 3 fully saturated rings. The molecule has 0 spiro atoms. The van der Waals surface area contributed by atoms with Gasteiger partial charge in [0, 0.05) is 25.9 Å². The molecule has 0 aromatic carbocycles. The Kier molecular flexibility index (Phi) is 8.96.